The second-order valence-corrected chi connectivity index (χ2v) is 10.2. The van der Waals surface area contributed by atoms with Crippen molar-refractivity contribution in [2.75, 3.05) is 6.54 Å². The van der Waals surface area contributed by atoms with Crippen LogP contribution in [0.2, 0.25) is 0 Å². The molecule has 3 aliphatic rings. The van der Waals surface area contributed by atoms with Crippen LogP contribution in [-0.4, -0.2) is 79.5 Å². The molecule has 14 heteroatoms. The van der Waals surface area contributed by atoms with Crippen LogP contribution in [0.25, 0.3) is 0 Å². The summed E-state index contributed by atoms with van der Waals surface area (Å²) >= 11 is 1.28. The largest absolute Gasteiger partial charge is 0.480 e. The molecule has 0 spiro atoms. The van der Waals surface area contributed by atoms with Crippen molar-refractivity contribution in [1.82, 2.24) is 31.3 Å². The molecule has 0 radical (unpaired) electrons. The summed E-state index contributed by atoms with van der Waals surface area (Å²) in [5.74, 6) is -2.93. The Balaban J connectivity index is 1.47. The van der Waals surface area contributed by atoms with Crippen LogP contribution >= 0.6 is 11.8 Å². The summed E-state index contributed by atoms with van der Waals surface area (Å²) < 4.78 is -0.754. The third kappa shape index (κ3) is 4.11. The second-order valence-electron chi connectivity index (χ2n) is 8.45. The third-order valence-electron chi connectivity index (χ3n) is 5.67. The van der Waals surface area contributed by atoms with Gasteiger partial charge in [-0.15, -0.1) is 11.8 Å². The zero-order valence-corrected chi connectivity index (χ0v) is 18.9. The molecule has 5 N–H and O–H groups in total. The van der Waals surface area contributed by atoms with E-state index in [9.17, 15) is 33.9 Å². The van der Waals surface area contributed by atoms with Crippen LogP contribution in [-0.2, 0) is 19.2 Å². The molecular weight excluding hydrogens is 468 g/mol. The number of hydrazine groups is 1. The first-order chi connectivity index (χ1) is 16.0. The fourth-order valence-corrected chi connectivity index (χ4v) is 5.77. The lowest BCUT2D eigenvalue weighted by atomic mass is 9.95. The maximum atomic E-state index is 13.1. The minimum absolute atomic E-state index is 0.375. The Morgan fingerprint density at radius 2 is 1.85 bits per heavy atom. The first-order valence-corrected chi connectivity index (χ1v) is 11.1. The van der Waals surface area contributed by atoms with Gasteiger partial charge in [0.2, 0.25) is 17.7 Å². The molecule has 13 nitrogen and oxygen atoms in total. The van der Waals surface area contributed by atoms with Crippen molar-refractivity contribution in [3.05, 3.63) is 35.9 Å². The number of benzene rings is 1. The van der Waals surface area contributed by atoms with Crippen molar-refractivity contribution < 1.29 is 33.9 Å². The van der Waals surface area contributed by atoms with E-state index >= 15 is 0 Å². The molecular formula is C20H22N6O7S. The Morgan fingerprint density at radius 3 is 2.44 bits per heavy atom. The zero-order chi connectivity index (χ0) is 24.8. The maximum absolute atomic E-state index is 13.1. The maximum Gasteiger partial charge on any atom is 0.343 e. The number of thioether (sulfide) groups is 1. The van der Waals surface area contributed by atoms with Crippen LogP contribution in [0, 0.1) is 0 Å². The summed E-state index contributed by atoms with van der Waals surface area (Å²) in [5, 5.41) is 16.8. The zero-order valence-electron chi connectivity index (χ0n) is 18.1. The van der Waals surface area contributed by atoms with E-state index in [4.69, 9.17) is 0 Å². The van der Waals surface area contributed by atoms with E-state index in [2.05, 4.69) is 16.1 Å². The number of carboxylic acid groups (broad SMARTS) is 1. The van der Waals surface area contributed by atoms with Gasteiger partial charge in [-0.2, -0.15) is 0 Å². The molecule has 180 valence electrons. The monoisotopic (exact) mass is 490 g/mol. The Hall–Kier alpha value is -3.81. The van der Waals surface area contributed by atoms with E-state index in [1.807, 2.05) is 5.32 Å². The standard InChI is InChI=1S/C20H22N6O7S/c1-20(2)13(17(30)31)26-15(29)12(16(26)34-20)22-14(28)11(9-6-4-3-5-7-9)23-18(32)24-25-8-10(27)21-19(25)33/h3-7,11-13,16H,8H2,1-2H3,(H,22,28)(H,30,31)(H,21,27,33)(H2,23,24,32)/t11?,12-,13?,16?/m0/s1. The molecule has 7 amide bonds. The second kappa shape index (κ2) is 8.52. The highest BCUT2D eigenvalue weighted by Crippen LogP contribution is 2.50. The number of fused-ring (bicyclic) bond motifs is 1. The van der Waals surface area contributed by atoms with Gasteiger partial charge in [0.25, 0.3) is 0 Å². The lowest BCUT2D eigenvalue weighted by molar-refractivity contribution is -0.161. The van der Waals surface area contributed by atoms with E-state index in [1.54, 1.807) is 44.2 Å². The van der Waals surface area contributed by atoms with Crippen LogP contribution in [0.15, 0.2) is 30.3 Å². The van der Waals surface area contributed by atoms with E-state index in [-0.39, 0.29) is 6.54 Å². The highest BCUT2D eigenvalue weighted by molar-refractivity contribution is 8.01. The van der Waals surface area contributed by atoms with Crippen molar-refractivity contribution in [1.29, 1.82) is 0 Å². The molecule has 4 rings (SSSR count). The molecule has 3 unspecified atom stereocenters. The van der Waals surface area contributed by atoms with Crippen LogP contribution in [0.1, 0.15) is 25.5 Å². The van der Waals surface area contributed by atoms with Gasteiger partial charge in [-0.05, 0) is 19.4 Å². The predicted molar refractivity (Wildman–Crippen MR) is 117 cm³/mol. The van der Waals surface area contributed by atoms with Gasteiger partial charge in [-0.3, -0.25) is 19.7 Å². The molecule has 1 aromatic carbocycles. The molecule has 0 aromatic heterocycles. The van der Waals surface area contributed by atoms with Crippen molar-refractivity contribution in [3.8, 4) is 0 Å². The number of nitrogens with zero attached hydrogens (tertiary/aromatic N) is 2. The fraction of sp³-hybridized carbons (Fsp3) is 0.400. The van der Waals surface area contributed by atoms with Gasteiger partial charge in [-0.25, -0.2) is 24.8 Å². The highest BCUT2D eigenvalue weighted by atomic mass is 32.2. The molecule has 34 heavy (non-hydrogen) atoms. The average molecular weight is 490 g/mol. The highest BCUT2D eigenvalue weighted by Gasteiger charge is 2.64. The van der Waals surface area contributed by atoms with Crippen LogP contribution in [0.4, 0.5) is 9.59 Å². The quantitative estimate of drug-likeness (QED) is 0.252. The van der Waals surface area contributed by atoms with E-state index in [1.165, 1.54) is 16.7 Å². The van der Waals surface area contributed by atoms with Crippen molar-refractivity contribution in [2.45, 2.75) is 42.1 Å². The molecule has 1 aromatic rings. The topological polar surface area (TPSA) is 177 Å². The van der Waals surface area contributed by atoms with Gasteiger partial charge in [0.15, 0.2) is 0 Å². The molecule has 0 saturated carbocycles. The number of carboxylic acids is 1. The summed E-state index contributed by atoms with van der Waals surface area (Å²) in [6.07, 6.45) is 0. The van der Waals surface area contributed by atoms with Gasteiger partial charge in [0.05, 0.1) is 0 Å². The van der Waals surface area contributed by atoms with E-state index < -0.39 is 64.0 Å². The Morgan fingerprint density at radius 1 is 1.18 bits per heavy atom. The fourth-order valence-electron chi connectivity index (χ4n) is 4.15. The predicted octanol–water partition coefficient (Wildman–Crippen LogP) is -0.875. The SMILES string of the molecule is CC1(C)SC2[C@@H](NC(=O)C(NC(=O)NN3CC(=O)NC3=O)c3ccccc3)C(=O)N2C1C(=O)O. The van der Waals surface area contributed by atoms with E-state index in [0.717, 1.165) is 5.01 Å². The number of imide groups is 1. The molecule has 0 bridgehead atoms. The van der Waals surface area contributed by atoms with Crippen molar-refractivity contribution in [3.63, 3.8) is 0 Å². The molecule has 0 aliphatic carbocycles. The number of hydrogen-bond acceptors (Lipinski definition) is 7. The number of urea groups is 2. The van der Waals surface area contributed by atoms with Crippen LogP contribution in [0.5, 0.6) is 0 Å². The Labute approximate surface area is 197 Å². The number of amides is 7. The first kappa shape index (κ1) is 23.4. The summed E-state index contributed by atoms with van der Waals surface area (Å²) in [5.41, 5.74) is 2.60. The number of nitrogens with one attached hydrogen (secondary N) is 4. The number of rotatable bonds is 6. The van der Waals surface area contributed by atoms with Gasteiger partial charge in [-0.1, -0.05) is 30.3 Å². The number of carbonyl (C=O) groups excluding carboxylic acids is 5. The number of hydrogen-bond donors (Lipinski definition) is 5. The smallest absolute Gasteiger partial charge is 0.343 e. The van der Waals surface area contributed by atoms with Gasteiger partial charge < -0.3 is 20.6 Å². The average Bonchev–Trinajstić information content (AvgIpc) is 3.22. The Kier molecular flexibility index (Phi) is 5.85. The summed E-state index contributed by atoms with van der Waals surface area (Å²) in [6, 6.07) is 3.28. The number of β-lactam (4-membered cyclic amide) rings is 1. The first-order valence-electron chi connectivity index (χ1n) is 10.3. The lowest BCUT2D eigenvalue weighted by Crippen LogP contribution is -2.71. The lowest BCUT2D eigenvalue weighted by Gasteiger charge is -2.44. The molecule has 3 saturated heterocycles. The molecule has 3 fully saturated rings. The van der Waals surface area contributed by atoms with Gasteiger partial charge >= 0.3 is 18.0 Å². The van der Waals surface area contributed by atoms with Crippen molar-refractivity contribution in [2.24, 2.45) is 0 Å². The summed E-state index contributed by atoms with van der Waals surface area (Å²) in [6.45, 7) is 3.07. The van der Waals surface area contributed by atoms with Crippen molar-refractivity contribution >= 4 is 47.5 Å². The third-order valence-corrected chi connectivity index (χ3v) is 7.24. The van der Waals surface area contributed by atoms with Crippen LogP contribution in [0.3, 0.4) is 0 Å². The minimum Gasteiger partial charge on any atom is -0.480 e. The molecule has 3 heterocycles. The van der Waals surface area contributed by atoms with E-state index in [0.29, 0.717) is 5.56 Å². The van der Waals surface area contributed by atoms with Gasteiger partial charge in [0.1, 0.15) is 30.0 Å². The normalized spacial score (nSPS) is 25.7. The Bertz CT molecular complexity index is 1080. The molecule has 3 aliphatic heterocycles. The summed E-state index contributed by atoms with van der Waals surface area (Å²) in [7, 11) is 0. The molecule has 4 atom stereocenters. The van der Waals surface area contributed by atoms with Gasteiger partial charge in [0, 0.05) is 4.75 Å². The van der Waals surface area contributed by atoms with Crippen LogP contribution < -0.4 is 21.4 Å². The summed E-state index contributed by atoms with van der Waals surface area (Å²) in [4.78, 5) is 74.2. The number of aliphatic carboxylic acids is 1. The minimum atomic E-state index is -1.24. The number of carbonyl (C=O) groups is 6.